The molecule has 0 radical (unpaired) electrons. The fraction of sp³-hybridized carbons (Fsp3) is 0.0714. The molecular formula is C14H7Cl2F3N6. The highest BCUT2D eigenvalue weighted by Crippen LogP contribution is 2.37. The van der Waals surface area contributed by atoms with Gasteiger partial charge in [0.1, 0.15) is 0 Å². The van der Waals surface area contributed by atoms with Gasteiger partial charge < -0.3 is 4.57 Å². The number of nitrogens with zero attached hydrogens (tertiary/aromatic N) is 4. The van der Waals surface area contributed by atoms with E-state index >= 15 is 0 Å². The van der Waals surface area contributed by atoms with E-state index in [0.29, 0.717) is 32.3 Å². The summed E-state index contributed by atoms with van der Waals surface area (Å²) in [5.74, 6) is -1.31. The maximum atomic E-state index is 12.8. The molecule has 6 nitrogen and oxygen atoms in total. The molecule has 1 aromatic carbocycles. The van der Waals surface area contributed by atoms with Gasteiger partial charge in [0, 0.05) is 11.6 Å². The first-order chi connectivity index (χ1) is 11.9. The van der Waals surface area contributed by atoms with Gasteiger partial charge in [0.15, 0.2) is 5.82 Å². The first-order valence-corrected chi connectivity index (χ1v) is 7.60. The molecule has 0 aliphatic heterocycles. The van der Waals surface area contributed by atoms with Crippen LogP contribution in [-0.4, -0.2) is 29.9 Å². The summed E-state index contributed by atoms with van der Waals surface area (Å²) < 4.78 is 40.1. The molecule has 0 spiro atoms. The van der Waals surface area contributed by atoms with Crippen LogP contribution >= 0.6 is 23.2 Å². The highest BCUT2D eigenvalue weighted by molar-refractivity contribution is 6.45. The van der Waals surface area contributed by atoms with E-state index in [2.05, 4.69) is 25.4 Å². The number of H-pyrrole nitrogens is 2. The Hall–Kier alpha value is -2.52. The van der Waals surface area contributed by atoms with Crippen molar-refractivity contribution in [2.75, 3.05) is 0 Å². The molecule has 4 rings (SSSR count). The van der Waals surface area contributed by atoms with Crippen LogP contribution in [0.15, 0.2) is 30.6 Å². The van der Waals surface area contributed by atoms with Crippen molar-refractivity contribution in [1.82, 2.24) is 29.9 Å². The monoisotopic (exact) mass is 386 g/mol. The van der Waals surface area contributed by atoms with Gasteiger partial charge in [-0.1, -0.05) is 23.2 Å². The highest BCUT2D eigenvalue weighted by Gasteiger charge is 2.36. The third-order valence-electron chi connectivity index (χ3n) is 3.60. The van der Waals surface area contributed by atoms with E-state index in [1.807, 2.05) is 0 Å². The van der Waals surface area contributed by atoms with E-state index in [4.69, 9.17) is 23.2 Å². The van der Waals surface area contributed by atoms with Crippen LogP contribution in [0.25, 0.3) is 28.1 Å². The second kappa shape index (κ2) is 5.50. The summed E-state index contributed by atoms with van der Waals surface area (Å²) >= 11 is 12.3. The lowest BCUT2D eigenvalue weighted by Crippen LogP contribution is -2.07. The number of rotatable bonds is 2. The zero-order valence-electron chi connectivity index (χ0n) is 12.1. The molecule has 0 aliphatic rings. The highest BCUT2D eigenvalue weighted by atomic mass is 35.5. The van der Waals surface area contributed by atoms with Gasteiger partial charge in [-0.3, -0.25) is 10.2 Å². The van der Waals surface area contributed by atoms with Gasteiger partial charge in [0.2, 0.25) is 0 Å². The van der Waals surface area contributed by atoms with Gasteiger partial charge in [-0.15, -0.1) is 5.10 Å². The number of hydrogen-bond acceptors (Lipinski definition) is 3. The molecule has 0 aliphatic carbocycles. The van der Waals surface area contributed by atoms with E-state index in [1.54, 1.807) is 29.0 Å². The SMILES string of the molecule is FC(F)(F)c1n[nH]c(-c2cc3c(Cl)c(Cl)ccc3n2-c2cn[nH]c2)n1. The van der Waals surface area contributed by atoms with Gasteiger partial charge in [-0.05, 0) is 18.2 Å². The Morgan fingerprint density at radius 2 is 1.96 bits per heavy atom. The van der Waals surface area contributed by atoms with Crippen molar-refractivity contribution in [3.05, 3.63) is 46.5 Å². The number of aromatic amines is 2. The molecule has 4 aromatic rings. The standard InChI is InChI=1S/C14H7Cl2F3N6/c15-8-1-2-9-7(11(8)16)3-10(25(9)6-4-20-21-5-6)12-22-13(24-23-12)14(17,18)19/h1-5H,(H,20,21)(H,22,23,24). The van der Waals surface area contributed by atoms with Crippen LogP contribution in [0, 0.1) is 0 Å². The van der Waals surface area contributed by atoms with Crippen molar-refractivity contribution in [1.29, 1.82) is 0 Å². The second-order valence-corrected chi connectivity index (χ2v) is 5.91. The Labute approximate surface area is 147 Å². The molecule has 11 heteroatoms. The fourth-order valence-electron chi connectivity index (χ4n) is 2.54. The summed E-state index contributed by atoms with van der Waals surface area (Å²) in [6, 6.07) is 4.91. The third kappa shape index (κ3) is 2.56. The summed E-state index contributed by atoms with van der Waals surface area (Å²) in [5, 5.41) is 13.3. The van der Waals surface area contributed by atoms with Crippen molar-refractivity contribution < 1.29 is 13.2 Å². The lowest BCUT2D eigenvalue weighted by Gasteiger charge is -2.06. The molecular weight excluding hydrogens is 380 g/mol. The van der Waals surface area contributed by atoms with Crippen LogP contribution in [-0.2, 0) is 6.18 Å². The zero-order chi connectivity index (χ0) is 17.8. The normalized spacial score (nSPS) is 12.2. The number of hydrogen-bond donors (Lipinski definition) is 2. The largest absolute Gasteiger partial charge is 0.453 e. The molecule has 0 saturated carbocycles. The zero-order valence-corrected chi connectivity index (χ0v) is 13.6. The maximum absolute atomic E-state index is 12.8. The van der Waals surface area contributed by atoms with Gasteiger partial charge in [-0.2, -0.15) is 18.3 Å². The Balaban J connectivity index is 2.02. The van der Waals surface area contributed by atoms with Gasteiger partial charge in [-0.25, -0.2) is 4.98 Å². The van der Waals surface area contributed by atoms with Crippen molar-refractivity contribution in [3.63, 3.8) is 0 Å². The third-order valence-corrected chi connectivity index (χ3v) is 4.41. The van der Waals surface area contributed by atoms with Gasteiger partial charge in [0.25, 0.3) is 5.82 Å². The van der Waals surface area contributed by atoms with Crippen LogP contribution in [0.1, 0.15) is 5.82 Å². The van der Waals surface area contributed by atoms with Crippen molar-refractivity contribution in [3.8, 4) is 17.2 Å². The fourth-order valence-corrected chi connectivity index (χ4v) is 2.92. The number of halogens is 5. The summed E-state index contributed by atoms with van der Waals surface area (Å²) in [7, 11) is 0. The van der Waals surface area contributed by atoms with E-state index in [9.17, 15) is 13.2 Å². The molecule has 0 atom stereocenters. The minimum atomic E-state index is -4.65. The van der Waals surface area contributed by atoms with Gasteiger partial charge >= 0.3 is 6.18 Å². The van der Waals surface area contributed by atoms with Crippen LogP contribution in [0.2, 0.25) is 10.0 Å². The van der Waals surface area contributed by atoms with Crippen LogP contribution in [0.3, 0.4) is 0 Å². The lowest BCUT2D eigenvalue weighted by atomic mass is 10.2. The average molecular weight is 387 g/mol. The summed E-state index contributed by atoms with van der Waals surface area (Å²) in [4.78, 5) is 3.55. The lowest BCUT2D eigenvalue weighted by molar-refractivity contribution is -0.144. The van der Waals surface area contributed by atoms with Gasteiger partial charge in [0.05, 0.1) is 33.1 Å². The number of nitrogens with one attached hydrogen (secondary N) is 2. The maximum Gasteiger partial charge on any atom is 0.453 e. The summed E-state index contributed by atoms with van der Waals surface area (Å²) in [5.41, 5.74) is 1.56. The molecule has 0 bridgehead atoms. The van der Waals surface area contributed by atoms with Crippen LogP contribution in [0.5, 0.6) is 0 Å². The smallest absolute Gasteiger partial charge is 0.303 e. The number of aromatic nitrogens is 6. The van der Waals surface area contributed by atoms with Crippen LogP contribution < -0.4 is 0 Å². The Kier molecular flexibility index (Phi) is 3.51. The van der Waals surface area contributed by atoms with E-state index in [1.165, 1.54) is 6.20 Å². The summed E-state index contributed by atoms with van der Waals surface area (Å²) in [6.07, 6.45) is -1.54. The number of benzene rings is 1. The quantitative estimate of drug-likeness (QED) is 0.533. The Morgan fingerprint density at radius 1 is 1.16 bits per heavy atom. The van der Waals surface area contributed by atoms with Crippen LogP contribution in [0.4, 0.5) is 13.2 Å². The molecule has 0 saturated heterocycles. The Bertz CT molecular complexity index is 1060. The molecule has 0 amide bonds. The predicted molar refractivity (Wildman–Crippen MR) is 85.8 cm³/mol. The van der Waals surface area contributed by atoms with E-state index < -0.39 is 12.0 Å². The summed E-state index contributed by atoms with van der Waals surface area (Å²) in [6.45, 7) is 0. The van der Waals surface area contributed by atoms with E-state index in [0.717, 1.165) is 0 Å². The van der Waals surface area contributed by atoms with Crippen molar-refractivity contribution in [2.24, 2.45) is 0 Å². The molecule has 128 valence electrons. The van der Waals surface area contributed by atoms with Crippen molar-refractivity contribution in [2.45, 2.75) is 6.18 Å². The minimum absolute atomic E-state index is 0.0584. The predicted octanol–water partition coefficient (Wildman–Crippen LogP) is 4.46. The molecule has 25 heavy (non-hydrogen) atoms. The first kappa shape index (κ1) is 16.0. The van der Waals surface area contributed by atoms with Crippen molar-refractivity contribution >= 4 is 34.1 Å². The molecule has 0 fully saturated rings. The first-order valence-electron chi connectivity index (χ1n) is 6.85. The van der Waals surface area contributed by atoms with E-state index in [-0.39, 0.29) is 5.82 Å². The molecule has 2 N–H and O–H groups in total. The molecule has 0 unspecified atom stereocenters. The average Bonchev–Trinajstić information content (AvgIpc) is 3.27. The molecule has 3 aromatic heterocycles. The molecule has 3 heterocycles. The Morgan fingerprint density at radius 3 is 2.60 bits per heavy atom. The minimum Gasteiger partial charge on any atom is -0.303 e. The number of alkyl halides is 3. The second-order valence-electron chi connectivity index (χ2n) is 5.12. The number of fused-ring (bicyclic) bond motifs is 1. The topological polar surface area (TPSA) is 75.2 Å².